The second kappa shape index (κ2) is 7.84. The van der Waals surface area contributed by atoms with Gasteiger partial charge >= 0.3 is 0 Å². The quantitative estimate of drug-likeness (QED) is 0.847. The lowest BCUT2D eigenvalue weighted by atomic mass is 10.1. The number of nitrogens with one attached hydrogen (secondary N) is 1. The molecule has 0 saturated carbocycles. The summed E-state index contributed by atoms with van der Waals surface area (Å²) in [6.07, 6.45) is 3.29. The maximum atomic E-state index is 12.7. The van der Waals surface area contributed by atoms with Crippen molar-refractivity contribution in [3.8, 4) is 5.75 Å². The number of ether oxygens (including phenoxy) is 1. The Labute approximate surface area is 138 Å². The number of rotatable bonds is 5. The number of benzene rings is 1. The summed E-state index contributed by atoms with van der Waals surface area (Å²) in [6.45, 7) is 5.60. The van der Waals surface area contributed by atoms with E-state index in [0.29, 0.717) is 24.1 Å². The van der Waals surface area contributed by atoms with E-state index in [1.54, 1.807) is 0 Å². The maximum Gasteiger partial charge on any atom is 0.257 e. The van der Waals surface area contributed by atoms with Crippen LogP contribution in [-0.4, -0.2) is 43.1 Å². The molecule has 4 nitrogen and oxygen atoms in total. The number of likely N-dealkylation sites (tertiary alicyclic amines) is 1. The second-order valence-corrected chi connectivity index (χ2v) is 6.02. The molecule has 2 aliphatic heterocycles. The van der Waals surface area contributed by atoms with Crippen molar-refractivity contribution in [3.05, 3.63) is 29.8 Å². The molecule has 2 heterocycles. The van der Waals surface area contributed by atoms with Crippen LogP contribution in [0.25, 0.3) is 0 Å². The summed E-state index contributed by atoms with van der Waals surface area (Å²) < 4.78 is 5.79. The van der Waals surface area contributed by atoms with Crippen molar-refractivity contribution in [2.75, 3.05) is 26.2 Å². The number of hydrogen-bond donors (Lipinski definition) is 1. The molecule has 0 aliphatic carbocycles. The van der Waals surface area contributed by atoms with Crippen LogP contribution >= 0.6 is 12.4 Å². The Kier molecular flexibility index (Phi) is 6.09. The Morgan fingerprint density at radius 2 is 2.18 bits per heavy atom. The first-order valence-corrected chi connectivity index (χ1v) is 8.04. The summed E-state index contributed by atoms with van der Waals surface area (Å²) >= 11 is 0. The highest BCUT2D eigenvalue weighted by molar-refractivity contribution is 5.97. The summed E-state index contributed by atoms with van der Waals surface area (Å²) in [5.41, 5.74) is 0.702. The average molecular weight is 325 g/mol. The lowest BCUT2D eigenvalue weighted by Crippen LogP contribution is -2.34. The van der Waals surface area contributed by atoms with E-state index < -0.39 is 0 Å². The van der Waals surface area contributed by atoms with Gasteiger partial charge in [-0.05, 0) is 37.4 Å². The Balaban J connectivity index is 0.00000176. The van der Waals surface area contributed by atoms with Gasteiger partial charge in [0.1, 0.15) is 5.75 Å². The average Bonchev–Trinajstić information content (AvgIpc) is 3.08. The van der Waals surface area contributed by atoms with Crippen LogP contribution in [0.3, 0.4) is 0 Å². The molecule has 1 aromatic carbocycles. The lowest BCUT2D eigenvalue weighted by Gasteiger charge is -2.19. The predicted octanol–water partition coefficient (Wildman–Crippen LogP) is 2.72. The number of para-hydroxylation sites is 1. The van der Waals surface area contributed by atoms with Gasteiger partial charge in [-0.25, -0.2) is 0 Å². The van der Waals surface area contributed by atoms with Crippen LogP contribution in [-0.2, 0) is 0 Å². The summed E-state index contributed by atoms with van der Waals surface area (Å²) in [6, 6.07) is 8.11. The first-order chi connectivity index (χ1) is 10.3. The number of nitrogens with zero attached hydrogens (tertiary/aromatic N) is 1. The minimum Gasteiger partial charge on any atom is -0.493 e. The van der Waals surface area contributed by atoms with Gasteiger partial charge in [-0.1, -0.05) is 25.5 Å². The fourth-order valence-electron chi connectivity index (χ4n) is 3.28. The van der Waals surface area contributed by atoms with Gasteiger partial charge in [0.2, 0.25) is 0 Å². The molecular formula is C17H25ClN2O2. The molecule has 122 valence electrons. The Morgan fingerprint density at radius 3 is 2.95 bits per heavy atom. The highest BCUT2D eigenvalue weighted by Gasteiger charge is 2.38. The van der Waals surface area contributed by atoms with Crippen LogP contribution in [0.2, 0.25) is 0 Å². The predicted molar refractivity (Wildman–Crippen MR) is 89.9 cm³/mol. The van der Waals surface area contributed by atoms with E-state index in [9.17, 15) is 4.79 Å². The Hall–Kier alpha value is -1.26. The Morgan fingerprint density at radius 1 is 1.36 bits per heavy atom. The minimum atomic E-state index is 0. The molecular weight excluding hydrogens is 300 g/mol. The second-order valence-electron chi connectivity index (χ2n) is 6.02. The molecule has 1 N–H and O–H groups in total. The number of hydrogen-bond acceptors (Lipinski definition) is 3. The fraction of sp³-hybridized carbons (Fsp3) is 0.588. The van der Waals surface area contributed by atoms with Gasteiger partial charge in [0.25, 0.3) is 5.91 Å². The molecule has 0 aromatic heterocycles. The van der Waals surface area contributed by atoms with Gasteiger partial charge in [-0.3, -0.25) is 4.79 Å². The maximum absolute atomic E-state index is 12.7. The van der Waals surface area contributed by atoms with Crippen LogP contribution in [0.15, 0.2) is 24.3 Å². The van der Waals surface area contributed by atoms with Gasteiger partial charge in [0, 0.05) is 19.1 Å². The van der Waals surface area contributed by atoms with Crippen LogP contribution in [0.1, 0.15) is 36.5 Å². The van der Waals surface area contributed by atoms with Crippen LogP contribution in [0.5, 0.6) is 5.75 Å². The van der Waals surface area contributed by atoms with Crippen LogP contribution < -0.4 is 10.1 Å². The molecule has 0 radical (unpaired) electrons. The summed E-state index contributed by atoms with van der Waals surface area (Å²) in [5.74, 6) is 1.46. The molecule has 1 amide bonds. The third-order valence-electron chi connectivity index (χ3n) is 4.52. The number of unbranched alkanes of at least 4 members (excludes halogenated alkanes) is 1. The fourth-order valence-corrected chi connectivity index (χ4v) is 3.28. The molecule has 3 rings (SSSR count). The third kappa shape index (κ3) is 3.55. The zero-order valence-electron chi connectivity index (χ0n) is 13.1. The van der Waals surface area contributed by atoms with Crippen LogP contribution in [0, 0.1) is 5.92 Å². The van der Waals surface area contributed by atoms with Gasteiger partial charge in [-0.15, -0.1) is 12.4 Å². The monoisotopic (exact) mass is 324 g/mol. The highest BCUT2D eigenvalue weighted by atomic mass is 35.5. The summed E-state index contributed by atoms with van der Waals surface area (Å²) in [5, 5.41) is 3.49. The Bertz CT molecular complexity index is 497. The standard InChI is InChI=1S/C17H24N2O2.ClH/c1-2-3-10-21-16-7-5-4-6-14(16)17(20)19-11-13-8-9-18-15(13)12-19;/h4-7,13,15,18H,2-3,8-12H2,1H3;1H/t13-,15+;/m0./s1. The lowest BCUT2D eigenvalue weighted by molar-refractivity contribution is 0.0778. The number of halogens is 1. The number of fused-ring (bicyclic) bond motifs is 1. The normalized spacial score (nSPS) is 23.0. The van der Waals surface area contributed by atoms with E-state index >= 15 is 0 Å². The van der Waals surface area contributed by atoms with Gasteiger partial charge < -0.3 is 15.0 Å². The molecule has 0 unspecified atom stereocenters. The van der Waals surface area contributed by atoms with Crippen molar-refractivity contribution in [2.45, 2.75) is 32.2 Å². The van der Waals surface area contributed by atoms with Gasteiger partial charge in [0.15, 0.2) is 0 Å². The number of carbonyl (C=O) groups excluding carboxylic acids is 1. The molecule has 5 heteroatoms. The molecule has 2 saturated heterocycles. The third-order valence-corrected chi connectivity index (χ3v) is 4.52. The first-order valence-electron chi connectivity index (χ1n) is 8.04. The minimum absolute atomic E-state index is 0. The molecule has 2 aliphatic rings. The van der Waals surface area contributed by atoms with Crippen LogP contribution in [0.4, 0.5) is 0 Å². The van der Waals surface area contributed by atoms with Crippen molar-refractivity contribution >= 4 is 18.3 Å². The van der Waals surface area contributed by atoms with E-state index in [4.69, 9.17) is 4.74 Å². The van der Waals surface area contributed by atoms with E-state index in [1.807, 2.05) is 29.2 Å². The van der Waals surface area contributed by atoms with E-state index in [2.05, 4.69) is 12.2 Å². The largest absolute Gasteiger partial charge is 0.493 e. The SMILES string of the molecule is CCCCOc1ccccc1C(=O)N1C[C@@H]2CCN[C@@H]2C1.Cl. The highest BCUT2D eigenvalue weighted by Crippen LogP contribution is 2.28. The van der Waals surface area contributed by atoms with Gasteiger partial charge in [0.05, 0.1) is 12.2 Å². The number of amides is 1. The van der Waals surface area contributed by atoms with E-state index in [0.717, 1.165) is 38.2 Å². The molecule has 22 heavy (non-hydrogen) atoms. The smallest absolute Gasteiger partial charge is 0.257 e. The topological polar surface area (TPSA) is 41.6 Å². The zero-order valence-corrected chi connectivity index (χ0v) is 13.9. The van der Waals surface area contributed by atoms with Crippen molar-refractivity contribution in [1.82, 2.24) is 10.2 Å². The van der Waals surface area contributed by atoms with E-state index in [-0.39, 0.29) is 18.3 Å². The van der Waals surface area contributed by atoms with Gasteiger partial charge in [-0.2, -0.15) is 0 Å². The molecule has 2 fully saturated rings. The molecule has 0 spiro atoms. The van der Waals surface area contributed by atoms with Crippen molar-refractivity contribution in [3.63, 3.8) is 0 Å². The number of carbonyl (C=O) groups is 1. The zero-order chi connectivity index (χ0) is 14.7. The summed E-state index contributed by atoms with van der Waals surface area (Å²) in [7, 11) is 0. The molecule has 1 aromatic rings. The molecule has 2 atom stereocenters. The first kappa shape index (κ1) is 17.1. The van der Waals surface area contributed by atoms with Crippen molar-refractivity contribution in [2.24, 2.45) is 5.92 Å². The summed E-state index contributed by atoms with van der Waals surface area (Å²) in [4.78, 5) is 14.7. The van der Waals surface area contributed by atoms with E-state index in [1.165, 1.54) is 6.42 Å². The van der Waals surface area contributed by atoms with Crippen molar-refractivity contribution in [1.29, 1.82) is 0 Å². The molecule has 0 bridgehead atoms. The van der Waals surface area contributed by atoms with Crippen molar-refractivity contribution < 1.29 is 9.53 Å².